The Kier molecular flexibility index (Phi) is 5.34. The average Bonchev–Trinajstić information content (AvgIpc) is 2.82. The fourth-order valence-corrected chi connectivity index (χ4v) is 4.89. The molecule has 3 N–H and O–H groups in total. The van der Waals surface area contributed by atoms with Gasteiger partial charge in [-0.15, -0.1) is 10.2 Å². The molecule has 2 saturated heterocycles. The normalized spacial score (nSPS) is 22.5. The van der Waals surface area contributed by atoms with Crippen molar-refractivity contribution in [2.45, 2.75) is 50.2 Å². The van der Waals surface area contributed by atoms with Crippen LogP contribution in [-0.2, 0) is 0 Å². The number of carbonyl (C=O) groups excluding carboxylic acids is 1. The van der Waals surface area contributed by atoms with Crippen molar-refractivity contribution in [3.63, 3.8) is 0 Å². The molecule has 3 aromatic rings. The Hall–Kier alpha value is -3.33. The summed E-state index contributed by atoms with van der Waals surface area (Å²) >= 11 is 0. The number of aromatic hydroxyl groups is 1. The van der Waals surface area contributed by atoms with E-state index in [1.54, 1.807) is 31.4 Å². The standard InChI is InChI=1S/C23H27N7O2/c1-24-23(32)18-7-6-13-8-17(20(31)11-19(13)27-18)22-25-12-21(28-29-22)30(2)16-9-14-4-3-5-15(10-16)26-14/h6-8,11-12,14-16,26,31H,3-5,9-10H2,1-2H3,(H,24,32). The molecule has 2 unspecified atom stereocenters. The minimum absolute atomic E-state index is 0.00635. The largest absolute Gasteiger partial charge is 0.507 e. The highest BCUT2D eigenvalue weighted by molar-refractivity contribution is 5.95. The molecule has 166 valence electrons. The van der Waals surface area contributed by atoms with Gasteiger partial charge in [0.2, 0.25) is 0 Å². The second-order valence-electron chi connectivity index (χ2n) is 8.71. The molecule has 9 heteroatoms. The second-order valence-corrected chi connectivity index (χ2v) is 8.71. The number of hydrogen-bond acceptors (Lipinski definition) is 8. The number of rotatable bonds is 4. The Morgan fingerprint density at radius 3 is 2.66 bits per heavy atom. The van der Waals surface area contributed by atoms with E-state index >= 15 is 0 Å². The Morgan fingerprint density at radius 1 is 1.19 bits per heavy atom. The molecule has 1 aromatic carbocycles. The molecule has 0 radical (unpaired) electrons. The van der Waals surface area contributed by atoms with Crippen molar-refractivity contribution >= 4 is 22.6 Å². The minimum Gasteiger partial charge on any atom is -0.507 e. The third kappa shape index (κ3) is 3.84. The van der Waals surface area contributed by atoms with E-state index in [-0.39, 0.29) is 11.7 Å². The fourth-order valence-electron chi connectivity index (χ4n) is 4.89. The molecule has 4 heterocycles. The molecule has 32 heavy (non-hydrogen) atoms. The number of amides is 1. The van der Waals surface area contributed by atoms with Crippen LogP contribution >= 0.6 is 0 Å². The Balaban J connectivity index is 1.38. The highest BCUT2D eigenvalue weighted by atomic mass is 16.3. The maximum atomic E-state index is 11.8. The van der Waals surface area contributed by atoms with Gasteiger partial charge in [-0.3, -0.25) is 4.79 Å². The zero-order valence-corrected chi connectivity index (χ0v) is 18.2. The van der Waals surface area contributed by atoms with Crippen LogP contribution in [0.2, 0.25) is 0 Å². The van der Waals surface area contributed by atoms with Crippen LogP contribution in [0.4, 0.5) is 5.82 Å². The summed E-state index contributed by atoms with van der Waals surface area (Å²) in [5.74, 6) is 0.795. The maximum absolute atomic E-state index is 11.8. The van der Waals surface area contributed by atoms with Gasteiger partial charge in [0.15, 0.2) is 11.6 Å². The predicted molar refractivity (Wildman–Crippen MR) is 122 cm³/mol. The quantitative estimate of drug-likeness (QED) is 0.574. The number of fused-ring (bicyclic) bond motifs is 3. The number of phenolic OH excluding ortho intramolecular Hbond substituents is 1. The van der Waals surface area contributed by atoms with E-state index in [4.69, 9.17) is 0 Å². The van der Waals surface area contributed by atoms with Crippen LogP contribution < -0.4 is 15.5 Å². The van der Waals surface area contributed by atoms with Crippen molar-refractivity contribution in [2.24, 2.45) is 0 Å². The topological polar surface area (TPSA) is 116 Å². The van der Waals surface area contributed by atoms with Crippen LogP contribution in [0.25, 0.3) is 22.3 Å². The van der Waals surface area contributed by atoms with Crippen LogP contribution in [0.15, 0.2) is 30.5 Å². The lowest BCUT2D eigenvalue weighted by Gasteiger charge is -2.43. The molecule has 2 fully saturated rings. The van der Waals surface area contributed by atoms with Gasteiger partial charge in [0.1, 0.15) is 11.4 Å². The SMILES string of the molecule is CNC(=O)c1ccc2cc(-c3ncc(N(C)C4CC5CCCC(C4)N5)nn3)c(O)cc2n1. The van der Waals surface area contributed by atoms with E-state index in [0.717, 1.165) is 24.0 Å². The lowest BCUT2D eigenvalue weighted by atomic mass is 9.83. The smallest absolute Gasteiger partial charge is 0.269 e. The van der Waals surface area contributed by atoms with Gasteiger partial charge in [-0.25, -0.2) is 9.97 Å². The van der Waals surface area contributed by atoms with Crippen molar-refractivity contribution in [3.8, 4) is 17.1 Å². The molecular formula is C23H27N7O2. The van der Waals surface area contributed by atoms with Crippen LogP contribution in [0.1, 0.15) is 42.6 Å². The molecule has 0 aliphatic carbocycles. The molecule has 0 saturated carbocycles. The summed E-state index contributed by atoms with van der Waals surface area (Å²) in [5.41, 5.74) is 1.29. The summed E-state index contributed by atoms with van der Waals surface area (Å²) in [6.45, 7) is 0. The van der Waals surface area contributed by atoms with Gasteiger partial charge in [-0.1, -0.05) is 12.5 Å². The van der Waals surface area contributed by atoms with E-state index in [9.17, 15) is 9.90 Å². The number of aromatic nitrogens is 4. The highest BCUT2D eigenvalue weighted by Gasteiger charge is 2.33. The first-order chi connectivity index (χ1) is 15.5. The summed E-state index contributed by atoms with van der Waals surface area (Å²) in [7, 11) is 3.61. The predicted octanol–water partition coefficient (Wildman–Crippen LogP) is 2.26. The van der Waals surface area contributed by atoms with Gasteiger partial charge in [-0.05, 0) is 37.8 Å². The molecule has 2 bridgehead atoms. The lowest BCUT2D eigenvalue weighted by Crippen LogP contribution is -2.54. The molecule has 1 amide bonds. The van der Waals surface area contributed by atoms with Crippen molar-refractivity contribution in [1.29, 1.82) is 0 Å². The fraction of sp³-hybridized carbons (Fsp3) is 0.435. The number of anilines is 1. The zero-order chi connectivity index (χ0) is 22.2. The average molecular weight is 434 g/mol. The third-order valence-electron chi connectivity index (χ3n) is 6.66. The molecule has 2 atom stereocenters. The van der Waals surface area contributed by atoms with Crippen LogP contribution in [0, 0.1) is 0 Å². The van der Waals surface area contributed by atoms with Crippen molar-refractivity contribution < 1.29 is 9.90 Å². The highest BCUT2D eigenvalue weighted by Crippen LogP contribution is 2.32. The van der Waals surface area contributed by atoms with Crippen molar-refractivity contribution in [2.75, 3.05) is 19.0 Å². The zero-order valence-electron chi connectivity index (χ0n) is 18.2. The van der Waals surface area contributed by atoms with Crippen LogP contribution in [0.3, 0.4) is 0 Å². The molecule has 5 rings (SSSR count). The van der Waals surface area contributed by atoms with E-state index in [0.29, 0.717) is 40.7 Å². The van der Waals surface area contributed by atoms with Crippen molar-refractivity contribution in [1.82, 2.24) is 30.8 Å². The van der Waals surface area contributed by atoms with E-state index in [2.05, 4.69) is 42.7 Å². The number of pyridine rings is 1. The number of benzene rings is 1. The van der Waals surface area contributed by atoms with Crippen molar-refractivity contribution in [3.05, 3.63) is 36.2 Å². The van der Waals surface area contributed by atoms with Crippen LogP contribution in [-0.4, -0.2) is 63.4 Å². The number of phenols is 1. The first-order valence-corrected chi connectivity index (χ1v) is 11.1. The first-order valence-electron chi connectivity index (χ1n) is 11.1. The Labute approximate surface area is 186 Å². The summed E-state index contributed by atoms with van der Waals surface area (Å²) in [6, 6.07) is 8.31. The Bertz CT molecular complexity index is 1140. The molecule has 2 aliphatic heterocycles. The number of hydrogen-bond donors (Lipinski definition) is 3. The van der Waals surface area contributed by atoms with Gasteiger partial charge in [0.05, 0.1) is 17.3 Å². The summed E-state index contributed by atoms with van der Waals surface area (Å²) in [5, 5.41) is 26.3. The van der Waals surface area contributed by atoms with E-state index in [1.165, 1.54) is 25.3 Å². The first kappa shape index (κ1) is 20.6. The molecule has 2 aromatic heterocycles. The molecule has 0 spiro atoms. The van der Waals surface area contributed by atoms with Crippen LogP contribution in [0.5, 0.6) is 5.75 Å². The molecule has 2 aliphatic rings. The molecule has 9 nitrogen and oxygen atoms in total. The lowest BCUT2D eigenvalue weighted by molar-refractivity contribution is 0.0958. The number of nitrogens with zero attached hydrogens (tertiary/aromatic N) is 5. The third-order valence-corrected chi connectivity index (χ3v) is 6.66. The van der Waals surface area contributed by atoms with Gasteiger partial charge >= 0.3 is 0 Å². The second kappa shape index (κ2) is 8.31. The van der Waals surface area contributed by atoms with Gasteiger partial charge in [0.25, 0.3) is 5.91 Å². The maximum Gasteiger partial charge on any atom is 0.269 e. The summed E-state index contributed by atoms with van der Waals surface area (Å²) in [6.07, 6.45) is 7.72. The van der Waals surface area contributed by atoms with E-state index in [1.807, 2.05) is 0 Å². The van der Waals surface area contributed by atoms with Gasteiger partial charge in [0, 0.05) is 43.7 Å². The summed E-state index contributed by atoms with van der Waals surface area (Å²) < 4.78 is 0. The van der Waals surface area contributed by atoms with Gasteiger partial charge in [-0.2, -0.15) is 0 Å². The van der Waals surface area contributed by atoms with Gasteiger partial charge < -0.3 is 20.6 Å². The number of carbonyl (C=O) groups is 1. The Morgan fingerprint density at radius 2 is 1.97 bits per heavy atom. The summed E-state index contributed by atoms with van der Waals surface area (Å²) in [4.78, 5) is 22.8. The monoisotopic (exact) mass is 433 g/mol. The minimum atomic E-state index is -0.278. The van der Waals surface area contributed by atoms with E-state index < -0.39 is 0 Å². The number of nitrogens with one attached hydrogen (secondary N) is 2. The molecular weight excluding hydrogens is 406 g/mol. The number of piperidine rings is 2.